The molecule has 1 N–H and O–H groups in total. The number of aliphatic hydroxyl groups is 1. The molecule has 168 valence electrons. The minimum atomic E-state index is -0.990. The molecule has 0 amide bonds. The Hall–Kier alpha value is -2.76. The summed E-state index contributed by atoms with van der Waals surface area (Å²) in [7, 11) is 1.72. The highest BCUT2D eigenvalue weighted by Crippen LogP contribution is 2.47. The van der Waals surface area contributed by atoms with Crippen molar-refractivity contribution in [1.82, 2.24) is 0 Å². The van der Waals surface area contributed by atoms with Crippen molar-refractivity contribution in [2.75, 3.05) is 13.7 Å². The Labute approximate surface area is 187 Å². The standard InChI is InChI=1S/C27H28F2O3/c1-3-32-23-14-13-22(24(28)25(23)29)19-9-11-20(12-10-19)26(30)15-17-27(31-2,18-16-26)21-7-5-4-6-8-21/h4-14,30H,3,15-18H2,1-2H3. The van der Waals surface area contributed by atoms with Crippen molar-refractivity contribution in [3.8, 4) is 16.9 Å². The van der Waals surface area contributed by atoms with E-state index in [1.54, 1.807) is 38.3 Å². The molecule has 0 spiro atoms. The number of rotatable bonds is 6. The van der Waals surface area contributed by atoms with Crippen LogP contribution in [-0.2, 0) is 15.9 Å². The fourth-order valence-corrected chi connectivity index (χ4v) is 4.69. The Kier molecular flexibility index (Phi) is 6.31. The van der Waals surface area contributed by atoms with Gasteiger partial charge in [-0.25, -0.2) is 4.39 Å². The SMILES string of the molecule is CCOc1ccc(-c2ccc(C3(O)CCC(OC)(c4ccccc4)CC3)cc2)c(F)c1F. The van der Waals surface area contributed by atoms with Crippen molar-refractivity contribution in [3.63, 3.8) is 0 Å². The van der Waals surface area contributed by atoms with E-state index in [4.69, 9.17) is 9.47 Å². The Bertz CT molecular complexity index is 1060. The summed E-state index contributed by atoms with van der Waals surface area (Å²) in [4.78, 5) is 0. The number of halogens is 2. The fourth-order valence-electron chi connectivity index (χ4n) is 4.69. The molecule has 1 aliphatic carbocycles. The molecule has 1 fully saturated rings. The largest absolute Gasteiger partial charge is 0.491 e. The predicted molar refractivity (Wildman–Crippen MR) is 120 cm³/mol. The van der Waals surface area contributed by atoms with Gasteiger partial charge in [-0.3, -0.25) is 0 Å². The highest BCUT2D eigenvalue weighted by Gasteiger charge is 2.43. The van der Waals surface area contributed by atoms with Crippen molar-refractivity contribution in [2.45, 2.75) is 43.8 Å². The predicted octanol–water partition coefficient (Wildman–Crippen LogP) is 6.33. The van der Waals surface area contributed by atoms with Gasteiger partial charge in [-0.15, -0.1) is 0 Å². The summed E-state index contributed by atoms with van der Waals surface area (Å²) in [6.45, 7) is 1.98. The van der Waals surface area contributed by atoms with E-state index in [9.17, 15) is 13.9 Å². The van der Waals surface area contributed by atoms with E-state index in [2.05, 4.69) is 12.1 Å². The second kappa shape index (κ2) is 9.00. The van der Waals surface area contributed by atoms with Crippen LogP contribution >= 0.6 is 0 Å². The van der Waals surface area contributed by atoms with Crippen LogP contribution in [0.2, 0.25) is 0 Å². The zero-order chi connectivity index (χ0) is 22.8. The highest BCUT2D eigenvalue weighted by atomic mass is 19.2. The van der Waals surface area contributed by atoms with Crippen LogP contribution in [0, 0.1) is 11.6 Å². The maximum atomic E-state index is 14.6. The van der Waals surface area contributed by atoms with Crippen molar-refractivity contribution < 1.29 is 23.4 Å². The zero-order valence-corrected chi connectivity index (χ0v) is 18.4. The highest BCUT2D eigenvalue weighted by molar-refractivity contribution is 5.65. The summed E-state index contributed by atoms with van der Waals surface area (Å²) in [6, 6.07) is 20.1. The topological polar surface area (TPSA) is 38.7 Å². The van der Waals surface area contributed by atoms with Gasteiger partial charge in [0, 0.05) is 12.7 Å². The molecule has 0 aliphatic heterocycles. The number of ether oxygens (including phenoxy) is 2. The van der Waals surface area contributed by atoms with Gasteiger partial charge < -0.3 is 14.6 Å². The van der Waals surface area contributed by atoms with Crippen LogP contribution in [-0.4, -0.2) is 18.8 Å². The molecule has 0 atom stereocenters. The molecule has 0 radical (unpaired) electrons. The van der Waals surface area contributed by atoms with Crippen LogP contribution in [0.25, 0.3) is 11.1 Å². The molecule has 1 aliphatic rings. The van der Waals surface area contributed by atoms with Gasteiger partial charge in [0.15, 0.2) is 11.6 Å². The van der Waals surface area contributed by atoms with Crippen LogP contribution in [0.4, 0.5) is 8.78 Å². The fraction of sp³-hybridized carbons (Fsp3) is 0.333. The third-order valence-corrected chi connectivity index (χ3v) is 6.66. The van der Waals surface area contributed by atoms with Gasteiger partial charge in [0.05, 0.1) is 17.8 Å². The van der Waals surface area contributed by atoms with E-state index < -0.39 is 22.8 Å². The maximum absolute atomic E-state index is 14.6. The van der Waals surface area contributed by atoms with Crippen molar-refractivity contribution >= 4 is 0 Å². The van der Waals surface area contributed by atoms with Crippen molar-refractivity contribution in [3.05, 3.63) is 89.5 Å². The van der Waals surface area contributed by atoms with Gasteiger partial charge in [-0.1, -0.05) is 54.6 Å². The molecule has 5 heteroatoms. The summed E-state index contributed by atoms with van der Waals surface area (Å²) in [6.07, 6.45) is 2.46. The summed E-state index contributed by atoms with van der Waals surface area (Å²) in [5.41, 5.74) is 1.20. The minimum Gasteiger partial charge on any atom is -0.491 e. The lowest BCUT2D eigenvalue weighted by Crippen LogP contribution is -2.40. The van der Waals surface area contributed by atoms with Crippen LogP contribution in [0.3, 0.4) is 0 Å². The quantitative estimate of drug-likeness (QED) is 0.488. The first-order chi connectivity index (χ1) is 15.4. The third kappa shape index (κ3) is 4.03. The molecular weight excluding hydrogens is 410 g/mol. The van der Waals surface area contributed by atoms with Gasteiger partial charge in [0.1, 0.15) is 0 Å². The smallest absolute Gasteiger partial charge is 0.201 e. The first-order valence-electron chi connectivity index (χ1n) is 11.0. The van der Waals surface area contributed by atoms with Crippen LogP contribution in [0.1, 0.15) is 43.7 Å². The first kappa shape index (κ1) is 22.4. The van der Waals surface area contributed by atoms with Gasteiger partial charge in [-0.2, -0.15) is 4.39 Å². The minimum absolute atomic E-state index is 0.0954. The van der Waals surface area contributed by atoms with Crippen molar-refractivity contribution in [1.29, 1.82) is 0 Å². The third-order valence-electron chi connectivity index (χ3n) is 6.66. The monoisotopic (exact) mass is 438 g/mol. The van der Waals surface area contributed by atoms with E-state index in [-0.39, 0.29) is 17.9 Å². The molecule has 0 aromatic heterocycles. The maximum Gasteiger partial charge on any atom is 0.201 e. The Morgan fingerprint density at radius 1 is 0.812 bits per heavy atom. The number of methoxy groups -OCH3 is 1. The lowest BCUT2D eigenvalue weighted by molar-refractivity contribution is -0.108. The second-order valence-electron chi connectivity index (χ2n) is 8.35. The zero-order valence-electron chi connectivity index (χ0n) is 18.4. The molecule has 3 nitrogen and oxygen atoms in total. The Balaban J connectivity index is 1.54. The molecule has 0 saturated heterocycles. The molecule has 0 bridgehead atoms. The van der Waals surface area contributed by atoms with E-state index in [0.29, 0.717) is 31.2 Å². The number of hydrogen-bond acceptors (Lipinski definition) is 3. The second-order valence-corrected chi connectivity index (χ2v) is 8.35. The first-order valence-corrected chi connectivity index (χ1v) is 11.0. The molecule has 4 rings (SSSR count). The number of hydrogen-bond donors (Lipinski definition) is 1. The Morgan fingerprint density at radius 2 is 1.47 bits per heavy atom. The molecule has 3 aromatic rings. The summed E-state index contributed by atoms with van der Waals surface area (Å²) >= 11 is 0. The molecular formula is C27H28F2O3. The summed E-state index contributed by atoms with van der Waals surface area (Å²) in [5.74, 6) is -2.02. The molecule has 3 aromatic carbocycles. The average molecular weight is 439 g/mol. The van der Waals surface area contributed by atoms with Gasteiger partial charge in [0.2, 0.25) is 5.82 Å². The van der Waals surface area contributed by atoms with Gasteiger partial charge >= 0.3 is 0 Å². The summed E-state index contributed by atoms with van der Waals surface area (Å²) < 4.78 is 39.9. The summed E-state index contributed by atoms with van der Waals surface area (Å²) in [5, 5.41) is 11.4. The van der Waals surface area contributed by atoms with Gasteiger partial charge in [-0.05, 0) is 61.4 Å². The number of benzene rings is 3. The van der Waals surface area contributed by atoms with Crippen LogP contribution in [0.5, 0.6) is 5.75 Å². The molecule has 32 heavy (non-hydrogen) atoms. The van der Waals surface area contributed by atoms with Crippen molar-refractivity contribution in [2.24, 2.45) is 0 Å². The molecule has 0 heterocycles. The van der Waals surface area contributed by atoms with Crippen LogP contribution in [0.15, 0.2) is 66.7 Å². The lowest BCUT2D eigenvalue weighted by atomic mass is 9.70. The van der Waals surface area contributed by atoms with E-state index >= 15 is 0 Å². The molecule has 1 saturated carbocycles. The molecule has 0 unspecified atom stereocenters. The van der Waals surface area contributed by atoms with E-state index in [1.807, 2.05) is 18.2 Å². The van der Waals surface area contributed by atoms with E-state index in [1.165, 1.54) is 12.1 Å². The normalized spacial score (nSPS) is 23.2. The van der Waals surface area contributed by atoms with Crippen LogP contribution < -0.4 is 4.74 Å². The Morgan fingerprint density at radius 3 is 2.06 bits per heavy atom. The van der Waals surface area contributed by atoms with E-state index in [0.717, 1.165) is 11.1 Å². The lowest BCUT2D eigenvalue weighted by Gasteiger charge is -2.44. The van der Waals surface area contributed by atoms with Gasteiger partial charge in [0.25, 0.3) is 0 Å². The average Bonchev–Trinajstić information content (AvgIpc) is 2.84.